The molecule has 0 aromatic carbocycles. The Morgan fingerprint density at radius 3 is 2.78 bits per heavy atom. The Morgan fingerprint density at radius 1 is 1.22 bits per heavy atom. The van der Waals surface area contributed by atoms with Crippen molar-refractivity contribution < 1.29 is 14.2 Å². The summed E-state index contributed by atoms with van der Waals surface area (Å²) in [6, 6.07) is 0.163. The highest BCUT2D eigenvalue weighted by Gasteiger charge is 2.44. The molecule has 5 atom stereocenters. The van der Waals surface area contributed by atoms with Crippen molar-refractivity contribution in [2.24, 2.45) is 11.7 Å². The molecule has 3 heterocycles. The Morgan fingerprint density at radius 2 is 2.11 bits per heavy atom. The second-order valence-corrected chi connectivity index (χ2v) is 6.23. The fraction of sp³-hybridized carbons (Fsp3) is 1.00. The molecular weight excluding hydrogens is 230 g/mol. The Bertz CT molecular complexity index is 291. The summed E-state index contributed by atoms with van der Waals surface area (Å²) in [7, 11) is 0. The fourth-order valence-electron chi connectivity index (χ4n) is 3.68. The van der Waals surface area contributed by atoms with Gasteiger partial charge < -0.3 is 19.9 Å². The molecule has 3 aliphatic rings. The van der Waals surface area contributed by atoms with Crippen LogP contribution >= 0.6 is 0 Å². The molecule has 0 saturated carbocycles. The molecule has 3 rings (SSSR count). The molecule has 4 heteroatoms. The summed E-state index contributed by atoms with van der Waals surface area (Å²) in [5.74, 6) is 0.524. The average Bonchev–Trinajstić information content (AvgIpc) is 2.98. The van der Waals surface area contributed by atoms with Crippen LogP contribution in [0.5, 0.6) is 0 Å². The van der Waals surface area contributed by atoms with Crippen LogP contribution in [0.1, 0.15) is 39.0 Å². The molecule has 18 heavy (non-hydrogen) atoms. The highest BCUT2D eigenvalue weighted by atomic mass is 16.6. The summed E-state index contributed by atoms with van der Waals surface area (Å²) >= 11 is 0. The van der Waals surface area contributed by atoms with Gasteiger partial charge in [-0.25, -0.2) is 0 Å². The first-order chi connectivity index (χ1) is 8.69. The topological polar surface area (TPSA) is 53.7 Å². The van der Waals surface area contributed by atoms with Gasteiger partial charge in [0.05, 0.1) is 24.4 Å². The fourth-order valence-corrected chi connectivity index (χ4v) is 3.68. The maximum atomic E-state index is 6.45. The molecule has 3 saturated heterocycles. The van der Waals surface area contributed by atoms with Crippen molar-refractivity contribution in [1.29, 1.82) is 0 Å². The van der Waals surface area contributed by atoms with Crippen LogP contribution in [0.15, 0.2) is 0 Å². The number of ether oxygens (including phenoxy) is 3. The van der Waals surface area contributed by atoms with Crippen molar-refractivity contribution in [2.45, 2.75) is 62.9 Å². The third kappa shape index (κ3) is 2.44. The molecule has 4 nitrogen and oxygen atoms in total. The summed E-state index contributed by atoms with van der Waals surface area (Å²) in [4.78, 5) is 0. The van der Waals surface area contributed by atoms with Gasteiger partial charge in [-0.05, 0) is 38.5 Å². The second kappa shape index (κ2) is 5.08. The van der Waals surface area contributed by atoms with E-state index in [0.29, 0.717) is 12.0 Å². The van der Waals surface area contributed by atoms with Gasteiger partial charge in [0.25, 0.3) is 0 Å². The predicted molar refractivity (Wildman–Crippen MR) is 68.4 cm³/mol. The van der Waals surface area contributed by atoms with Crippen LogP contribution < -0.4 is 5.73 Å². The SMILES string of the molecule is CC1CCC(C(N)C2CCOC3(CCOC3)C2)O1. The summed E-state index contributed by atoms with van der Waals surface area (Å²) in [6.07, 6.45) is 6.03. The van der Waals surface area contributed by atoms with E-state index in [9.17, 15) is 0 Å². The lowest BCUT2D eigenvalue weighted by atomic mass is 9.79. The molecule has 0 radical (unpaired) electrons. The quantitative estimate of drug-likeness (QED) is 0.812. The van der Waals surface area contributed by atoms with Crippen LogP contribution in [-0.2, 0) is 14.2 Å². The predicted octanol–water partition coefficient (Wildman–Crippen LogP) is 1.47. The highest BCUT2D eigenvalue weighted by Crippen LogP contribution is 2.38. The Hall–Kier alpha value is -0.160. The number of rotatable bonds is 2. The van der Waals surface area contributed by atoms with Crippen LogP contribution in [0.4, 0.5) is 0 Å². The minimum absolute atomic E-state index is 0.0369. The minimum Gasteiger partial charge on any atom is -0.378 e. The smallest absolute Gasteiger partial charge is 0.0939 e. The Kier molecular flexibility index (Phi) is 3.63. The van der Waals surface area contributed by atoms with E-state index in [-0.39, 0.29) is 17.7 Å². The first-order valence-electron chi connectivity index (χ1n) is 7.31. The molecular formula is C14H25NO3. The average molecular weight is 255 g/mol. The lowest BCUT2D eigenvalue weighted by Gasteiger charge is -2.40. The zero-order chi connectivity index (χ0) is 12.6. The number of hydrogen-bond acceptors (Lipinski definition) is 4. The van der Waals surface area contributed by atoms with E-state index in [1.54, 1.807) is 0 Å². The standard InChI is InChI=1S/C14H25NO3/c1-10-2-3-12(18-10)13(15)11-4-6-17-14(8-11)5-7-16-9-14/h10-13H,2-9,15H2,1H3. The number of hydrogen-bond donors (Lipinski definition) is 1. The molecule has 0 aromatic heterocycles. The van der Waals surface area contributed by atoms with Crippen molar-refractivity contribution in [3.63, 3.8) is 0 Å². The van der Waals surface area contributed by atoms with E-state index in [1.165, 1.54) is 0 Å². The van der Waals surface area contributed by atoms with E-state index in [2.05, 4.69) is 6.92 Å². The van der Waals surface area contributed by atoms with Gasteiger partial charge in [0.1, 0.15) is 0 Å². The third-order valence-electron chi connectivity index (χ3n) is 4.84. The van der Waals surface area contributed by atoms with Crippen molar-refractivity contribution in [3.05, 3.63) is 0 Å². The van der Waals surface area contributed by atoms with E-state index in [0.717, 1.165) is 51.9 Å². The van der Waals surface area contributed by atoms with Crippen molar-refractivity contribution in [2.75, 3.05) is 19.8 Å². The third-order valence-corrected chi connectivity index (χ3v) is 4.84. The first-order valence-corrected chi connectivity index (χ1v) is 7.31. The van der Waals surface area contributed by atoms with Crippen LogP contribution in [-0.4, -0.2) is 43.7 Å². The lowest BCUT2D eigenvalue weighted by molar-refractivity contribution is -0.108. The van der Waals surface area contributed by atoms with Crippen LogP contribution in [0, 0.1) is 5.92 Å². The van der Waals surface area contributed by atoms with Gasteiger partial charge in [-0.15, -0.1) is 0 Å². The van der Waals surface area contributed by atoms with Crippen molar-refractivity contribution in [3.8, 4) is 0 Å². The molecule has 5 unspecified atom stereocenters. The first kappa shape index (κ1) is 12.9. The Labute approximate surface area is 109 Å². The van der Waals surface area contributed by atoms with Gasteiger partial charge in [-0.2, -0.15) is 0 Å². The van der Waals surface area contributed by atoms with E-state index in [4.69, 9.17) is 19.9 Å². The van der Waals surface area contributed by atoms with E-state index >= 15 is 0 Å². The minimum atomic E-state index is -0.0369. The lowest BCUT2D eigenvalue weighted by Crippen LogP contribution is -2.49. The summed E-state index contributed by atoms with van der Waals surface area (Å²) in [6.45, 7) is 4.55. The monoisotopic (exact) mass is 255 g/mol. The molecule has 0 aliphatic carbocycles. The summed E-state index contributed by atoms with van der Waals surface area (Å²) < 4.78 is 17.4. The molecule has 3 fully saturated rings. The Balaban J connectivity index is 1.61. The van der Waals surface area contributed by atoms with Gasteiger partial charge >= 0.3 is 0 Å². The molecule has 3 aliphatic heterocycles. The molecule has 0 amide bonds. The summed E-state index contributed by atoms with van der Waals surface area (Å²) in [5.41, 5.74) is 6.41. The zero-order valence-corrected chi connectivity index (χ0v) is 11.3. The van der Waals surface area contributed by atoms with E-state index in [1.807, 2.05) is 0 Å². The highest BCUT2D eigenvalue weighted by molar-refractivity contribution is 4.95. The van der Waals surface area contributed by atoms with Gasteiger partial charge in [0.2, 0.25) is 0 Å². The van der Waals surface area contributed by atoms with Gasteiger partial charge in [-0.3, -0.25) is 0 Å². The normalized spacial score (nSPS) is 46.7. The zero-order valence-electron chi connectivity index (χ0n) is 11.3. The molecule has 0 bridgehead atoms. The van der Waals surface area contributed by atoms with Gasteiger partial charge in [0, 0.05) is 25.7 Å². The number of nitrogens with two attached hydrogens (primary N) is 1. The van der Waals surface area contributed by atoms with Gasteiger partial charge in [-0.1, -0.05) is 0 Å². The molecule has 0 aromatic rings. The van der Waals surface area contributed by atoms with E-state index < -0.39 is 0 Å². The van der Waals surface area contributed by atoms with Crippen LogP contribution in [0.25, 0.3) is 0 Å². The maximum Gasteiger partial charge on any atom is 0.0939 e. The molecule has 2 N–H and O–H groups in total. The largest absolute Gasteiger partial charge is 0.378 e. The molecule has 104 valence electrons. The van der Waals surface area contributed by atoms with Gasteiger partial charge in [0.15, 0.2) is 0 Å². The van der Waals surface area contributed by atoms with Crippen LogP contribution in [0.2, 0.25) is 0 Å². The van der Waals surface area contributed by atoms with Crippen molar-refractivity contribution in [1.82, 2.24) is 0 Å². The second-order valence-electron chi connectivity index (χ2n) is 6.23. The van der Waals surface area contributed by atoms with Crippen LogP contribution in [0.3, 0.4) is 0 Å². The summed E-state index contributed by atoms with van der Waals surface area (Å²) in [5, 5.41) is 0. The molecule has 1 spiro atoms. The van der Waals surface area contributed by atoms with Crippen molar-refractivity contribution >= 4 is 0 Å². The maximum absolute atomic E-state index is 6.45.